The third kappa shape index (κ3) is 2.80. The van der Waals surface area contributed by atoms with E-state index in [2.05, 4.69) is 6.07 Å². The number of carbonyl (C=O) groups excluding carboxylic acids is 1. The van der Waals surface area contributed by atoms with Crippen LogP contribution in [0.2, 0.25) is 0 Å². The zero-order valence-electron chi connectivity index (χ0n) is 15.9. The molecule has 5 rings (SSSR count). The van der Waals surface area contributed by atoms with E-state index in [1.54, 1.807) is 7.11 Å². The van der Waals surface area contributed by atoms with Crippen molar-refractivity contribution in [1.29, 1.82) is 0 Å². The molecule has 0 saturated carbocycles. The van der Waals surface area contributed by atoms with Gasteiger partial charge in [0.05, 0.1) is 6.10 Å². The predicted molar refractivity (Wildman–Crippen MR) is 94.6 cm³/mol. The second-order valence-corrected chi connectivity index (χ2v) is 8.18. The van der Waals surface area contributed by atoms with Crippen LogP contribution in [0.5, 0.6) is 11.5 Å². The van der Waals surface area contributed by atoms with Gasteiger partial charge in [-0.25, -0.2) is 0 Å². The molecule has 0 radical (unpaired) electrons. The topological polar surface area (TPSA) is 66.5 Å². The lowest BCUT2D eigenvalue weighted by Gasteiger charge is -2.30. The highest BCUT2D eigenvalue weighted by molar-refractivity contribution is 5.82. The molecule has 2 bridgehead atoms. The summed E-state index contributed by atoms with van der Waals surface area (Å²) in [5.41, 5.74) is 2.33. The van der Waals surface area contributed by atoms with Gasteiger partial charge in [0, 0.05) is 20.2 Å². The van der Waals surface area contributed by atoms with Gasteiger partial charge < -0.3 is 28.6 Å². The van der Waals surface area contributed by atoms with E-state index in [1.165, 1.54) is 5.56 Å². The monoisotopic (exact) mass is 375 g/mol. The molecule has 4 aliphatic heterocycles. The van der Waals surface area contributed by atoms with E-state index in [1.807, 2.05) is 24.8 Å². The van der Waals surface area contributed by atoms with Crippen LogP contribution in [0.25, 0.3) is 0 Å². The average Bonchev–Trinajstić information content (AvgIpc) is 3.17. The molecule has 4 heterocycles. The van der Waals surface area contributed by atoms with Crippen molar-refractivity contribution in [3.05, 3.63) is 23.3 Å². The van der Waals surface area contributed by atoms with Gasteiger partial charge in [-0.2, -0.15) is 0 Å². The Bertz CT molecular complexity index is 778. The lowest BCUT2D eigenvalue weighted by Crippen LogP contribution is -2.47. The van der Waals surface area contributed by atoms with Crippen molar-refractivity contribution in [2.24, 2.45) is 0 Å². The fourth-order valence-electron chi connectivity index (χ4n) is 4.78. The summed E-state index contributed by atoms with van der Waals surface area (Å²) in [6.07, 6.45) is 0.379. The first kappa shape index (κ1) is 17.3. The molecule has 0 unspecified atom stereocenters. The van der Waals surface area contributed by atoms with Crippen molar-refractivity contribution in [1.82, 2.24) is 4.90 Å². The van der Waals surface area contributed by atoms with Crippen molar-refractivity contribution < 1.29 is 28.5 Å². The molecule has 7 nitrogen and oxygen atoms in total. The van der Waals surface area contributed by atoms with E-state index in [0.717, 1.165) is 29.9 Å². The van der Waals surface area contributed by atoms with Gasteiger partial charge in [0.25, 0.3) is 5.91 Å². The molecular formula is C20H25NO6. The zero-order valence-corrected chi connectivity index (χ0v) is 15.9. The predicted octanol–water partition coefficient (Wildman–Crippen LogP) is 2.17. The Morgan fingerprint density at radius 2 is 1.96 bits per heavy atom. The molecule has 0 N–H and O–H groups in total. The van der Waals surface area contributed by atoms with E-state index >= 15 is 0 Å². The van der Waals surface area contributed by atoms with Crippen molar-refractivity contribution in [3.8, 4) is 11.5 Å². The van der Waals surface area contributed by atoms with E-state index < -0.39 is 18.0 Å². The molecular weight excluding hydrogens is 350 g/mol. The van der Waals surface area contributed by atoms with Crippen LogP contribution in [0.15, 0.2) is 12.1 Å². The minimum Gasteiger partial charge on any atom is -0.454 e. The number of rotatable bonds is 1. The van der Waals surface area contributed by atoms with Crippen LogP contribution in [0.3, 0.4) is 0 Å². The number of ether oxygens (including phenoxy) is 5. The summed E-state index contributed by atoms with van der Waals surface area (Å²) < 4.78 is 29.1. The molecule has 2 saturated heterocycles. The van der Waals surface area contributed by atoms with Gasteiger partial charge in [0.1, 0.15) is 6.10 Å². The average molecular weight is 375 g/mol. The molecule has 4 aliphatic rings. The second-order valence-electron chi connectivity index (χ2n) is 8.18. The SMILES string of the molecule is CO[C@H]1C[C@@H]2CCN(Cc3cc4c(cc32)OCO4)C(=O)[C@@H]2OC(C)(C)O[C@@H]12. The Morgan fingerprint density at radius 1 is 1.19 bits per heavy atom. The van der Waals surface area contributed by atoms with Crippen LogP contribution in [0, 0.1) is 0 Å². The molecule has 146 valence electrons. The summed E-state index contributed by atoms with van der Waals surface area (Å²) in [7, 11) is 1.68. The summed E-state index contributed by atoms with van der Waals surface area (Å²) in [4.78, 5) is 15.2. The first-order valence-corrected chi connectivity index (χ1v) is 9.55. The minimum absolute atomic E-state index is 0.0289. The van der Waals surface area contributed by atoms with E-state index in [9.17, 15) is 4.79 Å². The van der Waals surface area contributed by atoms with Crippen molar-refractivity contribution in [2.75, 3.05) is 20.4 Å². The number of hydrogen-bond acceptors (Lipinski definition) is 6. The van der Waals surface area contributed by atoms with E-state index in [4.69, 9.17) is 23.7 Å². The molecule has 4 atom stereocenters. The van der Waals surface area contributed by atoms with Crippen molar-refractivity contribution >= 4 is 5.91 Å². The molecule has 1 amide bonds. The normalized spacial score (nSPS) is 33.7. The van der Waals surface area contributed by atoms with Crippen LogP contribution in [0.1, 0.15) is 43.7 Å². The Hall–Kier alpha value is -1.83. The van der Waals surface area contributed by atoms with Gasteiger partial charge in [-0.3, -0.25) is 4.79 Å². The molecule has 1 aromatic carbocycles. The number of benzene rings is 1. The van der Waals surface area contributed by atoms with Gasteiger partial charge in [0.2, 0.25) is 6.79 Å². The summed E-state index contributed by atoms with van der Waals surface area (Å²) in [5.74, 6) is 0.957. The molecule has 0 spiro atoms. The highest BCUT2D eigenvalue weighted by atomic mass is 16.8. The summed E-state index contributed by atoms with van der Waals surface area (Å²) in [6, 6.07) is 4.10. The first-order valence-electron chi connectivity index (χ1n) is 9.55. The van der Waals surface area contributed by atoms with E-state index in [-0.39, 0.29) is 24.7 Å². The lowest BCUT2D eigenvalue weighted by molar-refractivity contribution is -0.165. The minimum atomic E-state index is -0.800. The van der Waals surface area contributed by atoms with Crippen LogP contribution in [-0.4, -0.2) is 55.4 Å². The molecule has 1 aromatic rings. The smallest absolute Gasteiger partial charge is 0.254 e. The van der Waals surface area contributed by atoms with Gasteiger partial charge in [-0.1, -0.05) is 0 Å². The standard InChI is InChI=1S/C20H25NO6/c1-20(2)26-17-16(23-3)6-11-4-5-21(19(22)18(17)27-20)9-12-7-14-15(8-13(11)12)25-10-24-14/h7-8,11,16-18H,4-6,9-10H2,1-3H3/t11-,16-,17-,18+/m0/s1. The molecule has 2 fully saturated rings. The largest absolute Gasteiger partial charge is 0.454 e. The third-order valence-electron chi connectivity index (χ3n) is 6.05. The highest BCUT2D eigenvalue weighted by Gasteiger charge is 2.51. The van der Waals surface area contributed by atoms with Crippen LogP contribution in [0.4, 0.5) is 0 Å². The van der Waals surface area contributed by atoms with Gasteiger partial charge >= 0.3 is 0 Å². The van der Waals surface area contributed by atoms with Crippen LogP contribution in [-0.2, 0) is 25.5 Å². The summed E-state index contributed by atoms with van der Waals surface area (Å²) in [5, 5.41) is 0. The first-order chi connectivity index (χ1) is 12.9. The highest BCUT2D eigenvalue weighted by Crippen LogP contribution is 2.44. The second kappa shape index (κ2) is 6.09. The Labute approximate surface area is 158 Å². The quantitative estimate of drug-likeness (QED) is 0.750. The van der Waals surface area contributed by atoms with Crippen molar-refractivity contribution in [2.45, 2.75) is 63.3 Å². The zero-order chi connectivity index (χ0) is 18.8. The third-order valence-corrected chi connectivity index (χ3v) is 6.05. The molecule has 0 aliphatic carbocycles. The lowest BCUT2D eigenvalue weighted by atomic mass is 9.85. The molecule has 0 aromatic heterocycles. The maximum Gasteiger partial charge on any atom is 0.254 e. The molecule has 7 heteroatoms. The number of amides is 1. The Balaban J connectivity index is 1.59. The van der Waals surface area contributed by atoms with Gasteiger partial charge in [-0.15, -0.1) is 0 Å². The Morgan fingerprint density at radius 3 is 2.74 bits per heavy atom. The summed E-state index contributed by atoms with van der Waals surface area (Å²) in [6.45, 7) is 5.18. The maximum absolute atomic E-state index is 13.3. The number of hydrogen-bond donors (Lipinski definition) is 0. The maximum atomic E-state index is 13.3. The van der Waals surface area contributed by atoms with Gasteiger partial charge in [0.15, 0.2) is 23.4 Å². The van der Waals surface area contributed by atoms with Crippen LogP contribution < -0.4 is 9.47 Å². The number of fused-ring (bicyclic) bond motifs is 7. The number of carbonyl (C=O) groups is 1. The van der Waals surface area contributed by atoms with Crippen molar-refractivity contribution in [3.63, 3.8) is 0 Å². The fourth-order valence-corrected chi connectivity index (χ4v) is 4.78. The molecule has 27 heavy (non-hydrogen) atoms. The summed E-state index contributed by atoms with van der Waals surface area (Å²) >= 11 is 0. The van der Waals surface area contributed by atoms with Gasteiger partial charge in [-0.05, 0) is 55.9 Å². The van der Waals surface area contributed by atoms with E-state index in [0.29, 0.717) is 13.1 Å². The Kier molecular flexibility index (Phi) is 3.90. The number of methoxy groups -OCH3 is 1. The van der Waals surface area contributed by atoms with Crippen LogP contribution >= 0.6 is 0 Å². The number of nitrogens with zero attached hydrogens (tertiary/aromatic N) is 1. The fraction of sp³-hybridized carbons (Fsp3) is 0.650.